The Balaban J connectivity index is 1.86. The summed E-state index contributed by atoms with van der Waals surface area (Å²) in [6, 6.07) is 3.34. The molecule has 0 bridgehead atoms. The minimum Gasteiger partial charge on any atom is -0.385 e. The Morgan fingerprint density at radius 3 is 2.81 bits per heavy atom. The summed E-state index contributed by atoms with van der Waals surface area (Å²) in [5.41, 5.74) is 1.37. The molecule has 26 heavy (non-hydrogen) atoms. The summed E-state index contributed by atoms with van der Waals surface area (Å²) in [4.78, 5) is 1.89. The van der Waals surface area contributed by atoms with Crippen LogP contribution in [-0.2, 0) is 29.7 Å². The van der Waals surface area contributed by atoms with E-state index in [1.165, 1.54) is 21.3 Å². The Bertz CT molecular complexity index is 857. The van der Waals surface area contributed by atoms with Gasteiger partial charge in [-0.1, -0.05) is 0 Å². The lowest BCUT2D eigenvalue weighted by Gasteiger charge is -2.20. The Kier molecular flexibility index (Phi) is 5.47. The van der Waals surface area contributed by atoms with Gasteiger partial charge in [-0.05, 0) is 39.6 Å². The fourth-order valence-corrected chi connectivity index (χ4v) is 4.78. The summed E-state index contributed by atoms with van der Waals surface area (Å²) in [6.45, 7) is 4.11. The minimum atomic E-state index is -3.64. The van der Waals surface area contributed by atoms with Crippen molar-refractivity contribution in [1.82, 2.24) is 28.8 Å². The van der Waals surface area contributed by atoms with Gasteiger partial charge in [0, 0.05) is 26.2 Å². The molecule has 9 nitrogen and oxygen atoms in total. The van der Waals surface area contributed by atoms with Crippen LogP contribution in [0.1, 0.15) is 30.8 Å². The van der Waals surface area contributed by atoms with Gasteiger partial charge in [-0.25, -0.2) is 8.42 Å². The van der Waals surface area contributed by atoms with Crippen molar-refractivity contribution in [2.75, 3.05) is 27.2 Å². The minimum absolute atomic E-state index is 0.209. The number of hydrogen-bond donors (Lipinski definition) is 1. The summed E-state index contributed by atoms with van der Waals surface area (Å²) < 4.78 is 30.9. The van der Waals surface area contributed by atoms with Crippen molar-refractivity contribution in [2.45, 2.75) is 44.1 Å². The van der Waals surface area contributed by atoms with Crippen molar-refractivity contribution < 1.29 is 13.5 Å². The van der Waals surface area contributed by atoms with Crippen molar-refractivity contribution in [2.24, 2.45) is 0 Å². The van der Waals surface area contributed by atoms with Gasteiger partial charge in [0.15, 0.2) is 5.03 Å². The average molecular weight is 382 g/mol. The number of aryl methyl sites for hydroxylation is 2. The topological polar surface area (TPSA) is 96.5 Å². The summed E-state index contributed by atoms with van der Waals surface area (Å²) in [5, 5.41) is 19.1. The van der Waals surface area contributed by atoms with E-state index in [4.69, 9.17) is 0 Å². The zero-order chi connectivity index (χ0) is 18.9. The fourth-order valence-electron chi connectivity index (χ4n) is 3.17. The van der Waals surface area contributed by atoms with E-state index in [1.807, 2.05) is 25.9 Å². The highest BCUT2D eigenvalue weighted by molar-refractivity contribution is 7.89. The van der Waals surface area contributed by atoms with E-state index < -0.39 is 16.1 Å². The molecule has 2 aromatic heterocycles. The molecule has 0 radical (unpaired) electrons. The Hall–Kier alpha value is -1.75. The highest BCUT2D eigenvalue weighted by atomic mass is 32.2. The number of likely N-dealkylation sites (N-methyl/N-ethyl adjacent to an activating group) is 1. The normalized spacial score (nSPS) is 17.3. The standard InChI is InChI=1S/C16H26N6O3S/c1-4-21-16(6-7-17-21)26(24,25)20-8-5-9-22-13(11-20)10-14(18-22)15(23)12-19(2)3/h6-7,10,15,23H,4-5,8-9,11-12H2,1-3H3/t15-/m0/s1. The van der Waals surface area contributed by atoms with Crippen molar-refractivity contribution >= 4 is 10.0 Å². The first-order valence-corrected chi connectivity index (χ1v) is 10.2. The molecule has 144 valence electrons. The first-order valence-electron chi connectivity index (χ1n) is 8.74. The number of fused-ring (bicyclic) bond motifs is 1. The van der Waals surface area contributed by atoms with Crippen LogP contribution in [0.15, 0.2) is 23.4 Å². The van der Waals surface area contributed by atoms with Crippen molar-refractivity contribution in [3.63, 3.8) is 0 Å². The largest absolute Gasteiger partial charge is 0.385 e. The van der Waals surface area contributed by atoms with Gasteiger partial charge in [-0.2, -0.15) is 14.5 Å². The molecule has 1 atom stereocenters. The quantitative estimate of drug-likeness (QED) is 0.771. The van der Waals surface area contributed by atoms with Gasteiger partial charge >= 0.3 is 0 Å². The summed E-state index contributed by atoms with van der Waals surface area (Å²) >= 11 is 0. The highest BCUT2D eigenvalue weighted by Crippen LogP contribution is 2.23. The molecular formula is C16H26N6O3S. The van der Waals surface area contributed by atoms with Crippen LogP contribution in [0, 0.1) is 0 Å². The molecule has 1 aliphatic heterocycles. The number of aliphatic hydroxyl groups is 1. The Morgan fingerprint density at radius 1 is 1.35 bits per heavy atom. The van der Waals surface area contributed by atoms with E-state index in [9.17, 15) is 13.5 Å². The van der Waals surface area contributed by atoms with Gasteiger partial charge in [0.25, 0.3) is 10.0 Å². The molecule has 0 amide bonds. The van der Waals surface area contributed by atoms with Gasteiger partial charge in [-0.15, -0.1) is 0 Å². The molecule has 0 spiro atoms. The predicted octanol–water partition coefficient (Wildman–Crippen LogP) is 0.289. The first kappa shape index (κ1) is 19.0. The second-order valence-corrected chi connectivity index (χ2v) is 8.62. The average Bonchev–Trinajstić information content (AvgIpc) is 3.16. The summed E-state index contributed by atoms with van der Waals surface area (Å²) in [7, 11) is 0.133. The van der Waals surface area contributed by atoms with Gasteiger partial charge in [-0.3, -0.25) is 9.36 Å². The Morgan fingerprint density at radius 2 is 2.12 bits per heavy atom. The third-order valence-corrected chi connectivity index (χ3v) is 6.33. The van der Waals surface area contributed by atoms with Crippen LogP contribution in [-0.4, -0.2) is 69.5 Å². The van der Waals surface area contributed by atoms with Crippen molar-refractivity contribution in [3.05, 3.63) is 29.7 Å². The van der Waals surface area contributed by atoms with E-state index in [0.717, 1.165) is 5.69 Å². The number of rotatable bonds is 6. The molecule has 1 N–H and O–H groups in total. The molecule has 2 aromatic rings. The van der Waals surface area contributed by atoms with E-state index in [-0.39, 0.29) is 11.6 Å². The van der Waals surface area contributed by atoms with Crippen molar-refractivity contribution in [3.8, 4) is 0 Å². The molecule has 0 fully saturated rings. The number of aliphatic hydroxyl groups excluding tert-OH is 1. The molecular weight excluding hydrogens is 356 g/mol. The molecule has 1 aliphatic rings. The van der Waals surface area contributed by atoms with E-state index >= 15 is 0 Å². The van der Waals surface area contributed by atoms with E-state index in [2.05, 4.69) is 10.2 Å². The van der Waals surface area contributed by atoms with Gasteiger partial charge in [0.2, 0.25) is 0 Å². The van der Waals surface area contributed by atoms with Crippen LogP contribution in [0.5, 0.6) is 0 Å². The second kappa shape index (κ2) is 7.47. The summed E-state index contributed by atoms with van der Waals surface area (Å²) in [6.07, 6.45) is 1.47. The van der Waals surface area contributed by atoms with Crippen LogP contribution >= 0.6 is 0 Å². The predicted molar refractivity (Wildman–Crippen MR) is 95.9 cm³/mol. The van der Waals surface area contributed by atoms with Crippen LogP contribution < -0.4 is 0 Å². The number of nitrogens with zero attached hydrogens (tertiary/aromatic N) is 6. The number of sulfonamides is 1. The number of hydrogen-bond acceptors (Lipinski definition) is 6. The van der Waals surface area contributed by atoms with Crippen LogP contribution in [0.2, 0.25) is 0 Å². The fraction of sp³-hybridized carbons (Fsp3) is 0.625. The van der Waals surface area contributed by atoms with Crippen LogP contribution in [0.3, 0.4) is 0 Å². The lowest BCUT2D eigenvalue weighted by atomic mass is 10.2. The number of aromatic nitrogens is 4. The maximum Gasteiger partial charge on any atom is 0.260 e. The van der Waals surface area contributed by atoms with Gasteiger partial charge < -0.3 is 10.0 Å². The zero-order valence-corrected chi connectivity index (χ0v) is 16.2. The van der Waals surface area contributed by atoms with Gasteiger partial charge in [0.05, 0.1) is 24.1 Å². The summed E-state index contributed by atoms with van der Waals surface area (Å²) in [5.74, 6) is 0. The van der Waals surface area contributed by atoms with Crippen molar-refractivity contribution in [1.29, 1.82) is 0 Å². The molecule has 10 heteroatoms. The molecule has 3 rings (SSSR count). The first-order chi connectivity index (χ1) is 12.3. The van der Waals surface area contributed by atoms with Crippen LogP contribution in [0.25, 0.3) is 0 Å². The lowest BCUT2D eigenvalue weighted by Crippen LogP contribution is -2.32. The molecule has 0 aromatic carbocycles. The molecule has 0 aliphatic carbocycles. The third kappa shape index (κ3) is 3.68. The van der Waals surface area contributed by atoms with Gasteiger partial charge in [0.1, 0.15) is 6.10 Å². The second-order valence-electron chi connectivity index (χ2n) is 6.74. The van der Waals surface area contributed by atoms with E-state index in [0.29, 0.717) is 38.3 Å². The molecule has 3 heterocycles. The monoisotopic (exact) mass is 382 g/mol. The molecule has 0 unspecified atom stereocenters. The zero-order valence-electron chi connectivity index (χ0n) is 15.4. The third-order valence-electron chi connectivity index (χ3n) is 4.46. The highest BCUT2D eigenvalue weighted by Gasteiger charge is 2.30. The smallest absolute Gasteiger partial charge is 0.260 e. The van der Waals surface area contributed by atoms with E-state index in [1.54, 1.807) is 10.7 Å². The Labute approximate surface area is 153 Å². The maximum atomic E-state index is 13.1. The van der Waals surface area contributed by atoms with Crippen LogP contribution in [0.4, 0.5) is 0 Å². The maximum absolute atomic E-state index is 13.1. The SMILES string of the molecule is CCn1nccc1S(=O)(=O)N1CCCn2nc([C@@H](O)CN(C)C)cc2C1. The molecule has 0 saturated carbocycles. The lowest BCUT2D eigenvalue weighted by molar-refractivity contribution is 0.133. The molecule has 0 saturated heterocycles.